The minimum atomic E-state index is -0.175. The highest BCUT2D eigenvalue weighted by Crippen LogP contribution is 2.24. The number of halogens is 1. The van der Waals surface area contributed by atoms with E-state index in [1.54, 1.807) is 11.8 Å². The average molecular weight is 287 g/mol. The van der Waals surface area contributed by atoms with Gasteiger partial charge in [-0.05, 0) is 48.2 Å². The molecule has 20 heavy (non-hydrogen) atoms. The Morgan fingerprint density at radius 2 is 1.60 bits per heavy atom. The number of nitrogens with one attached hydrogen (secondary N) is 1. The Bertz CT molecular complexity index is 546. The summed E-state index contributed by atoms with van der Waals surface area (Å²) in [5.74, 6) is 0.700. The molecule has 0 aromatic heterocycles. The second kappa shape index (κ2) is 6.42. The lowest BCUT2D eigenvalue weighted by atomic mass is 10.2. The van der Waals surface area contributed by atoms with Crippen molar-refractivity contribution in [1.82, 2.24) is 5.32 Å². The minimum absolute atomic E-state index is 0.175. The van der Waals surface area contributed by atoms with E-state index in [1.165, 1.54) is 35.4 Å². The van der Waals surface area contributed by atoms with Gasteiger partial charge in [0.25, 0.3) is 0 Å². The summed E-state index contributed by atoms with van der Waals surface area (Å²) in [5, 5.41) is 3.51. The van der Waals surface area contributed by atoms with Crippen molar-refractivity contribution in [1.29, 1.82) is 0 Å². The van der Waals surface area contributed by atoms with Crippen LogP contribution in [0.2, 0.25) is 0 Å². The van der Waals surface area contributed by atoms with Crippen molar-refractivity contribution in [2.75, 3.05) is 0 Å². The van der Waals surface area contributed by atoms with Crippen LogP contribution in [-0.4, -0.2) is 6.04 Å². The maximum atomic E-state index is 12.8. The van der Waals surface area contributed by atoms with Gasteiger partial charge in [0.05, 0.1) is 0 Å². The quantitative estimate of drug-likeness (QED) is 0.792. The number of benzene rings is 2. The lowest BCUT2D eigenvalue weighted by Gasteiger charge is -2.05. The highest BCUT2D eigenvalue weighted by atomic mass is 32.2. The lowest BCUT2D eigenvalue weighted by Crippen LogP contribution is -2.14. The van der Waals surface area contributed by atoms with Gasteiger partial charge in [0.15, 0.2) is 0 Å². The molecule has 0 aliphatic heterocycles. The van der Waals surface area contributed by atoms with Crippen LogP contribution in [0.15, 0.2) is 53.4 Å². The molecule has 0 radical (unpaired) electrons. The van der Waals surface area contributed by atoms with Crippen LogP contribution < -0.4 is 5.32 Å². The molecule has 0 spiro atoms. The highest BCUT2D eigenvalue weighted by Gasteiger charge is 2.19. The third-order valence-electron chi connectivity index (χ3n) is 3.41. The molecular formula is C17H18FNS. The molecule has 1 nitrogen and oxygen atoms in total. The molecule has 2 aromatic carbocycles. The van der Waals surface area contributed by atoms with Gasteiger partial charge in [-0.1, -0.05) is 24.3 Å². The van der Waals surface area contributed by atoms with Crippen LogP contribution in [0.1, 0.15) is 24.0 Å². The van der Waals surface area contributed by atoms with E-state index in [-0.39, 0.29) is 5.82 Å². The summed E-state index contributed by atoms with van der Waals surface area (Å²) in [5.41, 5.74) is 2.49. The Hall–Kier alpha value is -1.32. The van der Waals surface area contributed by atoms with Crippen molar-refractivity contribution < 1.29 is 4.39 Å². The molecule has 1 aliphatic carbocycles. The van der Waals surface area contributed by atoms with E-state index >= 15 is 0 Å². The van der Waals surface area contributed by atoms with E-state index in [2.05, 4.69) is 29.6 Å². The van der Waals surface area contributed by atoms with Gasteiger partial charge in [-0.25, -0.2) is 4.39 Å². The molecule has 2 aromatic rings. The van der Waals surface area contributed by atoms with Gasteiger partial charge in [-0.3, -0.25) is 0 Å². The van der Waals surface area contributed by atoms with E-state index in [4.69, 9.17) is 0 Å². The number of thioether (sulfide) groups is 1. The topological polar surface area (TPSA) is 12.0 Å². The first kappa shape index (κ1) is 13.7. The molecule has 1 fully saturated rings. The molecule has 3 rings (SSSR count). The molecule has 0 atom stereocenters. The third kappa shape index (κ3) is 4.09. The van der Waals surface area contributed by atoms with Crippen LogP contribution in [0.3, 0.4) is 0 Å². The maximum absolute atomic E-state index is 12.8. The number of rotatable bonds is 6. The molecule has 1 saturated carbocycles. The van der Waals surface area contributed by atoms with Crippen molar-refractivity contribution >= 4 is 11.8 Å². The van der Waals surface area contributed by atoms with Gasteiger partial charge in [0.2, 0.25) is 0 Å². The van der Waals surface area contributed by atoms with Crippen LogP contribution in [0, 0.1) is 5.82 Å². The monoisotopic (exact) mass is 287 g/mol. The first-order valence-electron chi connectivity index (χ1n) is 6.99. The van der Waals surface area contributed by atoms with Crippen LogP contribution in [0.5, 0.6) is 0 Å². The van der Waals surface area contributed by atoms with Crippen LogP contribution >= 0.6 is 11.8 Å². The van der Waals surface area contributed by atoms with E-state index in [0.717, 1.165) is 23.9 Å². The van der Waals surface area contributed by atoms with Crippen molar-refractivity contribution in [2.24, 2.45) is 0 Å². The smallest absolute Gasteiger partial charge is 0.123 e. The summed E-state index contributed by atoms with van der Waals surface area (Å²) < 4.78 is 12.8. The fourth-order valence-corrected chi connectivity index (χ4v) is 2.85. The Morgan fingerprint density at radius 3 is 2.25 bits per heavy atom. The van der Waals surface area contributed by atoms with Crippen molar-refractivity contribution in [2.45, 2.75) is 36.1 Å². The summed E-state index contributed by atoms with van der Waals surface area (Å²) in [6.45, 7) is 0.966. The Morgan fingerprint density at radius 1 is 0.950 bits per heavy atom. The van der Waals surface area contributed by atoms with E-state index < -0.39 is 0 Å². The lowest BCUT2D eigenvalue weighted by molar-refractivity contribution is 0.627. The van der Waals surface area contributed by atoms with E-state index in [9.17, 15) is 4.39 Å². The zero-order valence-corrected chi connectivity index (χ0v) is 12.1. The molecule has 0 unspecified atom stereocenters. The minimum Gasteiger partial charge on any atom is -0.310 e. The molecule has 1 N–H and O–H groups in total. The largest absolute Gasteiger partial charge is 0.310 e. The number of hydrogen-bond donors (Lipinski definition) is 1. The maximum Gasteiger partial charge on any atom is 0.123 e. The average Bonchev–Trinajstić information content (AvgIpc) is 3.30. The van der Waals surface area contributed by atoms with Gasteiger partial charge in [-0.2, -0.15) is 0 Å². The van der Waals surface area contributed by atoms with E-state index in [0.29, 0.717) is 0 Å². The van der Waals surface area contributed by atoms with Gasteiger partial charge in [-0.15, -0.1) is 11.8 Å². The summed E-state index contributed by atoms with van der Waals surface area (Å²) in [7, 11) is 0. The summed E-state index contributed by atoms with van der Waals surface area (Å²) in [6, 6.07) is 16.2. The Labute approximate surface area is 123 Å². The van der Waals surface area contributed by atoms with Crippen LogP contribution in [-0.2, 0) is 12.3 Å². The number of hydrogen-bond acceptors (Lipinski definition) is 2. The van der Waals surface area contributed by atoms with Crippen LogP contribution in [0.4, 0.5) is 4.39 Å². The second-order valence-corrected chi connectivity index (χ2v) is 6.26. The van der Waals surface area contributed by atoms with Crippen LogP contribution in [0.25, 0.3) is 0 Å². The third-order valence-corrected chi connectivity index (χ3v) is 4.50. The van der Waals surface area contributed by atoms with Gasteiger partial charge in [0, 0.05) is 23.2 Å². The standard InChI is InChI=1S/C17H18FNS/c18-15-5-1-14(2-6-15)12-20-17-9-3-13(4-10-17)11-19-16-7-8-16/h1-6,9-10,16,19H,7-8,11-12H2. The van der Waals surface area contributed by atoms with E-state index in [1.807, 2.05) is 12.1 Å². The first-order valence-corrected chi connectivity index (χ1v) is 7.98. The zero-order chi connectivity index (χ0) is 13.8. The van der Waals surface area contributed by atoms with Gasteiger partial charge >= 0.3 is 0 Å². The molecule has 104 valence electrons. The molecule has 0 heterocycles. The summed E-state index contributed by atoms with van der Waals surface area (Å²) in [4.78, 5) is 1.25. The normalized spacial score (nSPS) is 14.4. The Kier molecular flexibility index (Phi) is 4.38. The fraction of sp³-hybridized carbons (Fsp3) is 0.294. The zero-order valence-electron chi connectivity index (χ0n) is 11.3. The van der Waals surface area contributed by atoms with Crippen molar-refractivity contribution in [3.8, 4) is 0 Å². The second-order valence-electron chi connectivity index (χ2n) is 5.21. The Balaban J connectivity index is 1.50. The molecule has 3 heteroatoms. The van der Waals surface area contributed by atoms with Gasteiger partial charge in [0.1, 0.15) is 5.82 Å². The highest BCUT2D eigenvalue weighted by molar-refractivity contribution is 7.98. The van der Waals surface area contributed by atoms with Crippen molar-refractivity contribution in [3.63, 3.8) is 0 Å². The first-order chi connectivity index (χ1) is 9.79. The molecular weight excluding hydrogens is 269 g/mol. The van der Waals surface area contributed by atoms with Crippen molar-refractivity contribution in [3.05, 3.63) is 65.5 Å². The fourth-order valence-electron chi connectivity index (χ4n) is 2.00. The molecule has 0 bridgehead atoms. The molecule has 0 saturated heterocycles. The molecule has 1 aliphatic rings. The predicted molar refractivity (Wildman–Crippen MR) is 82.3 cm³/mol. The SMILES string of the molecule is Fc1ccc(CSc2ccc(CNC3CC3)cc2)cc1. The summed E-state index contributed by atoms with van der Waals surface area (Å²) in [6.07, 6.45) is 2.65. The predicted octanol–water partition coefficient (Wildman–Crippen LogP) is 4.37. The summed E-state index contributed by atoms with van der Waals surface area (Å²) >= 11 is 1.78. The van der Waals surface area contributed by atoms with Gasteiger partial charge < -0.3 is 5.32 Å². The molecule has 0 amide bonds.